The molecule has 1 aromatic rings. The molecule has 21 heavy (non-hydrogen) atoms. The molecule has 0 saturated heterocycles. The maximum absolute atomic E-state index is 12.7. The van der Waals surface area contributed by atoms with Gasteiger partial charge in [0.1, 0.15) is 5.69 Å². The van der Waals surface area contributed by atoms with Crippen molar-refractivity contribution in [2.75, 3.05) is 0 Å². The molecule has 0 spiro atoms. The number of carbonyl (C=O) groups is 1. The average molecular weight is 295 g/mol. The second kappa shape index (κ2) is 6.22. The summed E-state index contributed by atoms with van der Waals surface area (Å²) in [5.74, 6) is -0.586. The number of halogens is 3. The van der Waals surface area contributed by atoms with E-state index in [9.17, 15) is 18.0 Å². The molecule has 0 aliphatic rings. The highest BCUT2D eigenvalue weighted by molar-refractivity contribution is 5.94. The van der Waals surface area contributed by atoms with E-state index in [4.69, 9.17) is 5.26 Å². The Labute approximate surface area is 119 Å². The van der Waals surface area contributed by atoms with E-state index in [1.807, 2.05) is 6.07 Å². The van der Waals surface area contributed by atoms with Crippen LogP contribution in [0.3, 0.4) is 0 Å². The standard InChI is InChI=1S/C14H12F3N3O/c1-4-5-11(8-18)6-9(2)20-12(10(3)21)7-13(19-20)14(15,16)17/h4-7H,2H2,1,3H3/b5-4-,11-6+. The molecule has 0 N–H and O–H groups in total. The summed E-state index contributed by atoms with van der Waals surface area (Å²) < 4.78 is 38.8. The van der Waals surface area contributed by atoms with Gasteiger partial charge in [0, 0.05) is 13.0 Å². The normalized spacial score (nSPS) is 12.5. The topological polar surface area (TPSA) is 58.7 Å². The number of carbonyl (C=O) groups excluding carboxylic acids is 1. The lowest BCUT2D eigenvalue weighted by molar-refractivity contribution is -0.141. The van der Waals surface area contributed by atoms with Gasteiger partial charge in [0.15, 0.2) is 11.5 Å². The number of nitrogens with zero attached hydrogens (tertiary/aromatic N) is 3. The van der Waals surface area contributed by atoms with Crippen molar-refractivity contribution in [3.05, 3.63) is 47.8 Å². The summed E-state index contributed by atoms with van der Waals surface area (Å²) in [4.78, 5) is 11.4. The number of rotatable bonds is 4. The highest BCUT2D eigenvalue weighted by Gasteiger charge is 2.35. The Morgan fingerprint density at radius 1 is 1.52 bits per heavy atom. The summed E-state index contributed by atoms with van der Waals surface area (Å²) >= 11 is 0. The van der Waals surface area contributed by atoms with E-state index in [2.05, 4.69) is 11.7 Å². The van der Waals surface area contributed by atoms with E-state index in [1.54, 1.807) is 13.0 Å². The van der Waals surface area contributed by atoms with Crippen molar-refractivity contribution in [2.24, 2.45) is 0 Å². The lowest BCUT2D eigenvalue weighted by atomic mass is 10.2. The van der Waals surface area contributed by atoms with Crippen LogP contribution >= 0.6 is 0 Å². The van der Waals surface area contributed by atoms with E-state index in [0.717, 1.165) is 11.6 Å². The number of Topliss-reactive ketones (excluding diaryl/α,β-unsaturated/α-hetero) is 1. The van der Waals surface area contributed by atoms with Crippen LogP contribution in [0.4, 0.5) is 13.2 Å². The van der Waals surface area contributed by atoms with Gasteiger partial charge in [0.05, 0.1) is 17.3 Å². The third-order valence-corrected chi connectivity index (χ3v) is 2.43. The van der Waals surface area contributed by atoms with Gasteiger partial charge in [-0.2, -0.15) is 23.5 Å². The van der Waals surface area contributed by atoms with Crippen molar-refractivity contribution < 1.29 is 18.0 Å². The van der Waals surface area contributed by atoms with Gasteiger partial charge in [-0.3, -0.25) is 4.79 Å². The Morgan fingerprint density at radius 2 is 2.14 bits per heavy atom. The first-order valence-corrected chi connectivity index (χ1v) is 5.82. The number of aromatic nitrogens is 2. The number of alkyl halides is 3. The number of hydrogen-bond donors (Lipinski definition) is 0. The highest BCUT2D eigenvalue weighted by Crippen LogP contribution is 2.29. The quantitative estimate of drug-likeness (QED) is 0.484. The van der Waals surface area contributed by atoms with Crippen LogP contribution < -0.4 is 0 Å². The predicted molar refractivity (Wildman–Crippen MR) is 71.1 cm³/mol. The minimum absolute atomic E-state index is 0.00894. The zero-order valence-electron chi connectivity index (χ0n) is 11.4. The fraction of sp³-hybridized carbons (Fsp3) is 0.214. The molecule has 0 saturated carbocycles. The van der Waals surface area contributed by atoms with Crippen molar-refractivity contribution >= 4 is 11.5 Å². The van der Waals surface area contributed by atoms with Crippen LogP contribution in [0.1, 0.15) is 30.0 Å². The van der Waals surface area contributed by atoms with Crippen LogP contribution in [0.2, 0.25) is 0 Å². The van der Waals surface area contributed by atoms with Crippen LogP contribution in [-0.4, -0.2) is 15.6 Å². The fourth-order valence-corrected chi connectivity index (χ4v) is 1.53. The summed E-state index contributed by atoms with van der Waals surface area (Å²) in [6.45, 7) is 6.36. The Hall–Kier alpha value is -2.62. The Bertz CT molecular complexity index is 673. The zero-order chi connectivity index (χ0) is 16.2. The molecule has 0 unspecified atom stereocenters. The first-order chi connectivity index (χ1) is 9.70. The minimum atomic E-state index is -4.67. The molecular formula is C14H12F3N3O. The van der Waals surface area contributed by atoms with Gasteiger partial charge in [0.25, 0.3) is 0 Å². The summed E-state index contributed by atoms with van der Waals surface area (Å²) in [5, 5.41) is 12.2. The largest absolute Gasteiger partial charge is 0.435 e. The molecular weight excluding hydrogens is 283 g/mol. The van der Waals surface area contributed by atoms with Crippen molar-refractivity contribution in [1.29, 1.82) is 5.26 Å². The maximum atomic E-state index is 12.7. The summed E-state index contributed by atoms with van der Waals surface area (Å²) in [6, 6.07) is 2.51. The van der Waals surface area contributed by atoms with E-state index in [1.165, 1.54) is 12.2 Å². The molecule has 110 valence electrons. The molecule has 0 aliphatic heterocycles. The van der Waals surface area contributed by atoms with E-state index in [0.29, 0.717) is 6.07 Å². The fourth-order valence-electron chi connectivity index (χ4n) is 1.53. The van der Waals surface area contributed by atoms with Gasteiger partial charge in [0.2, 0.25) is 0 Å². The number of allylic oxidation sites excluding steroid dienone is 5. The van der Waals surface area contributed by atoms with Crippen molar-refractivity contribution in [3.63, 3.8) is 0 Å². The second-order valence-corrected chi connectivity index (χ2v) is 4.08. The molecule has 0 amide bonds. The lowest BCUT2D eigenvalue weighted by Gasteiger charge is -2.05. The van der Waals surface area contributed by atoms with Gasteiger partial charge in [-0.1, -0.05) is 12.7 Å². The molecule has 1 rings (SSSR count). The molecule has 0 aliphatic carbocycles. The van der Waals surface area contributed by atoms with Crippen LogP contribution in [0, 0.1) is 11.3 Å². The van der Waals surface area contributed by atoms with Crippen LogP contribution in [0.25, 0.3) is 5.70 Å². The SMILES string of the molecule is C=C(/C=C(C#N)\C=C/C)n1nc(C(F)(F)F)cc1C(C)=O. The molecule has 0 aromatic carbocycles. The van der Waals surface area contributed by atoms with Gasteiger partial charge in [-0.05, 0) is 19.1 Å². The number of hydrogen-bond acceptors (Lipinski definition) is 3. The molecule has 0 radical (unpaired) electrons. The Kier molecular flexibility index (Phi) is 4.87. The predicted octanol–water partition coefficient (Wildman–Crippen LogP) is 3.60. The first kappa shape index (κ1) is 16.4. The molecule has 0 bridgehead atoms. The molecule has 0 atom stereocenters. The van der Waals surface area contributed by atoms with E-state index < -0.39 is 17.7 Å². The average Bonchev–Trinajstić information content (AvgIpc) is 2.83. The number of ketones is 1. The van der Waals surface area contributed by atoms with E-state index >= 15 is 0 Å². The van der Waals surface area contributed by atoms with E-state index in [-0.39, 0.29) is 17.0 Å². The Morgan fingerprint density at radius 3 is 2.57 bits per heavy atom. The second-order valence-electron chi connectivity index (χ2n) is 4.08. The number of nitriles is 1. The van der Waals surface area contributed by atoms with Crippen molar-refractivity contribution in [2.45, 2.75) is 20.0 Å². The van der Waals surface area contributed by atoms with Crippen molar-refractivity contribution in [3.8, 4) is 6.07 Å². The molecule has 0 fully saturated rings. The molecule has 1 heterocycles. The smallest absolute Gasteiger partial charge is 0.293 e. The van der Waals surface area contributed by atoms with Crippen LogP contribution in [0.5, 0.6) is 0 Å². The van der Waals surface area contributed by atoms with Gasteiger partial charge in [-0.15, -0.1) is 0 Å². The van der Waals surface area contributed by atoms with Crippen molar-refractivity contribution in [1.82, 2.24) is 9.78 Å². The third-order valence-electron chi connectivity index (χ3n) is 2.43. The maximum Gasteiger partial charge on any atom is 0.435 e. The molecule has 4 nitrogen and oxygen atoms in total. The Balaban J connectivity index is 3.36. The zero-order valence-corrected chi connectivity index (χ0v) is 11.4. The molecule has 7 heteroatoms. The van der Waals surface area contributed by atoms with Gasteiger partial charge in [-0.25, -0.2) is 4.68 Å². The van der Waals surface area contributed by atoms with Crippen LogP contribution in [0.15, 0.2) is 36.4 Å². The monoisotopic (exact) mass is 295 g/mol. The third kappa shape index (κ3) is 3.92. The minimum Gasteiger partial charge on any atom is -0.293 e. The van der Waals surface area contributed by atoms with Crippen LogP contribution in [-0.2, 0) is 6.18 Å². The summed E-state index contributed by atoms with van der Waals surface area (Å²) in [5.41, 5.74) is -1.26. The lowest BCUT2D eigenvalue weighted by Crippen LogP contribution is -2.08. The van der Waals surface area contributed by atoms with Gasteiger partial charge >= 0.3 is 6.18 Å². The highest BCUT2D eigenvalue weighted by atomic mass is 19.4. The first-order valence-electron chi connectivity index (χ1n) is 5.82. The summed E-state index contributed by atoms with van der Waals surface area (Å²) in [6.07, 6.45) is -0.355. The van der Waals surface area contributed by atoms with Gasteiger partial charge < -0.3 is 0 Å². The summed E-state index contributed by atoms with van der Waals surface area (Å²) in [7, 11) is 0. The molecule has 1 aromatic heterocycles.